The van der Waals surface area contributed by atoms with Crippen LogP contribution in [-0.2, 0) is 0 Å². The summed E-state index contributed by atoms with van der Waals surface area (Å²) in [5.41, 5.74) is 2.01. The van der Waals surface area contributed by atoms with Gasteiger partial charge in [0.2, 0.25) is 0 Å². The molecule has 0 saturated carbocycles. The minimum atomic E-state index is 0.407. The average Bonchev–Trinajstić information content (AvgIpc) is 2.71. The highest BCUT2D eigenvalue weighted by atomic mass is 15.1. The zero-order valence-electron chi connectivity index (χ0n) is 9.57. The average molecular weight is 204 g/mol. The largest absolute Gasteiger partial charge is 0.340 e. The predicted octanol–water partition coefficient (Wildman–Crippen LogP) is 2.47. The first-order chi connectivity index (χ1) is 7.08. The summed E-state index contributed by atoms with van der Waals surface area (Å²) >= 11 is 0. The van der Waals surface area contributed by atoms with E-state index in [4.69, 9.17) is 0 Å². The lowest BCUT2D eigenvalue weighted by Crippen LogP contribution is -2.01. The Morgan fingerprint density at radius 1 is 1.33 bits per heavy atom. The van der Waals surface area contributed by atoms with Crippen LogP contribution in [0.25, 0.3) is 11.5 Å². The Morgan fingerprint density at radius 2 is 2.07 bits per heavy atom. The fraction of sp³-hybridized carbons (Fsp3) is 0.455. The maximum atomic E-state index is 4.51. The summed E-state index contributed by atoms with van der Waals surface area (Å²) in [5.74, 6) is 1.88. The Hall–Kier alpha value is -1.58. The second kappa shape index (κ2) is 3.53. The number of aromatic amines is 1. The van der Waals surface area contributed by atoms with Gasteiger partial charge in [-0.3, -0.25) is 0 Å². The fourth-order valence-corrected chi connectivity index (χ4v) is 1.64. The quantitative estimate of drug-likeness (QED) is 0.816. The molecule has 2 aromatic heterocycles. The number of aromatic nitrogens is 4. The highest BCUT2D eigenvalue weighted by Gasteiger charge is 2.12. The van der Waals surface area contributed by atoms with Crippen molar-refractivity contribution in [2.75, 3.05) is 0 Å². The van der Waals surface area contributed by atoms with Gasteiger partial charge in [-0.2, -0.15) is 0 Å². The molecule has 0 aliphatic rings. The van der Waals surface area contributed by atoms with Gasteiger partial charge in [0.05, 0.1) is 11.9 Å². The Labute approximate surface area is 89.4 Å². The molecule has 15 heavy (non-hydrogen) atoms. The molecule has 0 aliphatic carbocycles. The Bertz CT molecular complexity index is 465. The third kappa shape index (κ3) is 1.79. The smallest absolute Gasteiger partial charge is 0.158 e. The van der Waals surface area contributed by atoms with Crippen molar-refractivity contribution in [1.29, 1.82) is 0 Å². The highest BCUT2D eigenvalue weighted by molar-refractivity contribution is 5.49. The molecular formula is C11H16N4. The van der Waals surface area contributed by atoms with Gasteiger partial charge in [-0.25, -0.2) is 9.97 Å². The van der Waals surface area contributed by atoms with E-state index < -0.39 is 0 Å². The van der Waals surface area contributed by atoms with E-state index in [9.17, 15) is 0 Å². The first-order valence-electron chi connectivity index (χ1n) is 5.15. The van der Waals surface area contributed by atoms with Crippen LogP contribution >= 0.6 is 0 Å². The van der Waals surface area contributed by atoms with E-state index in [1.54, 1.807) is 0 Å². The van der Waals surface area contributed by atoms with Gasteiger partial charge >= 0.3 is 0 Å². The van der Waals surface area contributed by atoms with Crippen molar-refractivity contribution in [2.45, 2.75) is 33.7 Å². The molecule has 0 atom stereocenters. The molecule has 0 spiro atoms. The topological polar surface area (TPSA) is 46.5 Å². The maximum Gasteiger partial charge on any atom is 0.158 e. The van der Waals surface area contributed by atoms with E-state index in [-0.39, 0.29) is 0 Å². The molecule has 0 bridgehead atoms. The molecule has 4 heteroatoms. The number of hydrogen-bond acceptors (Lipinski definition) is 2. The minimum Gasteiger partial charge on any atom is -0.340 e. The molecule has 0 aromatic carbocycles. The second-order valence-electron chi connectivity index (χ2n) is 4.09. The van der Waals surface area contributed by atoms with Crippen molar-refractivity contribution in [3.63, 3.8) is 0 Å². The van der Waals surface area contributed by atoms with E-state index in [0.717, 1.165) is 23.0 Å². The van der Waals surface area contributed by atoms with Crippen molar-refractivity contribution in [3.8, 4) is 11.5 Å². The van der Waals surface area contributed by atoms with Crippen molar-refractivity contribution < 1.29 is 0 Å². The molecular weight excluding hydrogens is 188 g/mol. The molecule has 2 rings (SSSR count). The Morgan fingerprint density at radius 3 is 2.60 bits per heavy atom. The molecule has 0 amide bonds. The maximum absolute atomic E-state index is 4.51. The van der Waals surface area contributed by atoms with E-state index in [2.05, 4.69) is 39.6 Å². The molecule has 0 saturated heterocycles. The lowest BCUT2D eigenvalue weighted by atomic mass is 10.3. The summed E-state index contributed by atoms with van der Waals surface area (Å²) in [6.45, 7) is 8.24. The lowest BCUT2D eigenvalue weighted by molar-refractivity contribution is 0.605. The van der Waals surface area contributed by atoms with Crippen LogP contribution in [0.4, 0.5) is 0 Å². The minimum absolute atomic E-state index is 0.407. The summed E-state index contributed by atoms with van der Waals surface area (Å²) in [6.07, 6.45) is 3.89. The van der Waals surface area contributed by atoms with Gasteiger partial charge in [-0.05, 0) is 27.7 Å². The van der Waals surface area contributed by atoms with Crippen molar-refractivity contribution >= 4 is 0 Å². The van der Waals surface area contributed by atoms with Crippen LogP contribution in [0.2, 0.25) is 0 Å². The normalized spacial score (nSPS) is 11.3. The van der Waals surface area contributed by atoms with Gasteiger partial charge < -0.3 is 9.55 Å². The second-order valence-corrected chi connectivity index (χ2v) is 4.09. The Kier molecular flexibility index (Phi) is 2.34. The fourth-order valence-electron chi connectivity index (χ4n) is 1.64. The first kappa shape index (κ1) is 9.96. The van der Waals surface area contributed by atoms with Gasteiger partial charge in [0.1, 0.15) is 11.5 Å². The number of hydrogen-bond donors (Lipinski definition) is 1. The van der Waals surface area contributed by atoms with Gasteiger partial charge in [-0.1, -0.05) is 0 Å². The number of rotatable bonds is 2. The van der Waals surface area contributed by atoms with E-state index in [1.807, 2.05) is 20.0 Å². The number of nitrogens with one attached hydrogen (secondary N) is 1. The Balaban J connectivity index is 2.52. The van der Waals surface area contributed by atoms with Gasteiger partial charge in [-0.15, -0.1) is 0 Å². The van der Waals surface area contributed by atoms with E-state index in [1.165, 1.54) is 0 Å². The number of nitrogens with zero attached hydrogens (tertiary/aromatic N) is 3. The highest BCUT2D eigenvalue weighted by Crippen LogP contribution is 2.20. The van der Waals surface area contributed by atoms with Crippen LogP contribution in [0, 0.1) is 13.8 Å². The van der Waals surface area contributed by atoms with Gasteiger partial charge in [0.25, 0.3) is 0 Å². The van der Waals surface area contributed by atoms with Crippen LogP contribution in [0.1, 0.15) is 31.4 Å². The summed E-state index contributed by atoms with van der Waals surface area (Å²) in [5, 5.41) is 0. The van der Waals surface area contributed by atoms with Gasteiger partial charge in [0, 0.05) is 12.2 Å². The van der Waals surface area contributed by atoms with Crippen LogP contribution in [0.5, 0.6) is 0 Å². The summed E-state index contributed by atoms with van der Waals surface area (Å²) in [4.78, 5) is 11.9. The molecule has 0 aliphatic heterocycles. The summed E-state index contributed by atoms with van der Waals surface area (Å²) < 4.78 is 2.16. The molecule has 1 N–H and O–H groups in total. The molecule has 4 nitrogen and oxygen atoms in total. The third-order valence-corrected chi connectivity index (χ3v) is 2.35. The summed E-state index contributed by atoms with van der Waals surface area (Å²) in [7, 11) is 0. The van der Waals surface area contributed by atoms with E-state index in [0.29, 0.717) is 6.04 Å². The van der Waals surface area contributed by atoms with Crippen LogP contribution in [0.15, 0.2) is 12.4 Å². The summed E-state index contributed by atoms with van der Waals surface area (Å²) in [6, 6.07) is 0.407. The first-order valence-corrected chi connectivity index (χ1v) is 5.15. The lowest BCUT2D eigenvalue weighted by Gasteiger charge is -2.09. The SMILES string of the molecule is Cc1cn(C(C)C)c(-c2cnc(C)[nH]2)n1. The molecule has 2 aromatic rings. The standard InChI is InChI=1S/C11H16N4/c1-7(2)15-6-8(3)13-11(15)10-5-12-9(4)14-10/h5-7H,1-4H3,(H,12,14). The molecule has 80 valence electrons. The van der Waals surface area contributed by atoms with Crippen LogP contribution in [0.3, 0.4) is 0 Å². The van der Waals surface area contributed by atoms with Crippen molar-refractivity contribution in [3.05, 3.63) is 23.9 Å². The zero-order chi connectivity index (χ0) is 11.0. The van der Waals surface area contributed by atoms with Crippen molar-refractivity contribution in [1.82, 2.24) is 19.5 Å². The van der Waals surface area contributed by atoms with Gasteiger partial charge in [0.15, 0.2) is 5.82 Å². The third-order valence-electron chi connectivity index (χ3n) is 2.35. The number of imidazole rings is 2. The zero-order valence-corrected chi connectivity index (χ0v) is 9.57. The molecule has 0 radical (unpaired) electrons. The number of aryl methyl sites for hydroxylation is 2. The number of H-pyrrole nitrogens is 1. The monoisotopic (exact) mass is 204 g/mol. The van der Waals surface area contributed by atoms with Crippen molar-refractivity contribution in [2.24, 2.45) is 0 Å². The molecule has 2 heterocycles. The van der Waals surface area contributed by atoms with E-state index >= 15 is 0 Å². The molecule has 0 unspecified atom stereocenters. The molecule has 0 fully saturated rings. The van der Waals surface area contributed by atoms with Crippen LogP contribution in [-0.4, -0.2) is 19.5 Å². The predicted molar refractivity (Wildman–Crippen MR) is 59.7 cm³/mol. The van der Waals surface area contributed by atoms with Crippen LogP contribution < -0.4 is 0 Å².